The quantitative estimate of drug-likeness (QED) is 0.678. The number of piperidine rings is 1. The molecule has 0 bridgehead atoms. The smallest absolute Gasteiger partial charge is 0.312 e. The van der Waals surface area contributed by atoms with Gasteiger partial charge in [0.15, 0.2) is 0 Å². The SMILES string of the molecule is CCCCCCN1CCC[C@@H](Cn2cc(CNC(N)=O)nn2)C1. The summed E-state index contributed by atoms with van der Waals surface area (Å²) in [4.78, 5) is 13.3. The number of carbonyl (C=O) groups is 1. The molecule has 0 saturated carbocycles. The summed E-state index contributed by atoms with van der Waals surface area (Å²) >= 11 is 0. The third kappa shape index (κ3) is 6.56. The van der Waals surface area contributed by atoms with Crippen molar-refractivity contribution < 1.29 is 4.79 Å². The van der Waals surface area contributed by atoms with Gasteiger partial charge in [0.2, 0.25) is 0 Å². The Morgan fingerprint density at radius 2 is 2.30 bits per heavy atom. The lowest BCUT2D eigenvalue weighted by molar-refractivity contribution is 0.157. The van der Waals surface area contributed by atoms with E-state index in [-0.39, 0.29) is 0 Å². The summed E-state index contributed by atoms with van der Waals surface area (Å²) in [7, 11) is 0. The molecule has 0 aromatic carbocycles. The Balaban J connectivity index is 1.73. The number of likely N-dealkylation sites (tertiary alicyclic amines) is 1. The van der Waals surface area contributed by atoms with E-state index in [4.69, 9.17) is 5.73 Å². The Bertz CT molecular complexity index is 475. The van der Waals surface area contributed by atoms with Gasteiger partial charge in [0.1, 0.15) is 5.69 Å². The molecule has 0 unspecified atom stereocenters. The number of unbranched alkanes of at least 4 members (excludes halogenated alkanes) is 3. The standard InChI is InChI=1S/C16H30N6O/c1-2-3-4-5-8-21-9-6-7-14(11-21)12-22-13-15(19-20-22)10-18-16(17)23/h13-14H,2-12H2,1H3,(H3,17,18,23)/t14-/m1/s1. The van der Waals surface area contributed by atoms with E-state index in [0.29, 0.717) is 12.5 Å². The molecular formula is C16H30N6O. The number of urea groups is 1. The van der Waals surface area contributed by atoms with Crippen LogP contribution in [0.4, 0.5) is 4.79 Å². The summed E-state index contributed by atoms with van der Waals surface area (Å²) in [6.07, 6.45) is 9.71. The third-order valence-corrected chi connectivity index (χ3v) is 4.41. The summed E-state index contributed by atoms with van der Waals surface area (Å²) in [5.41, 5.74) is 5.81. The van der Waals surface area contributed by atoms with Gasteiger partial charge in [-0.3, -0.25) is 4.68 Å². The van der Waals surface area contributed by atoms with Crippen LogP contribution in [0.25, 0.3) is 0 Å². The van der Waals surface area contributed by atoms with Crippen molar-refractivity contribution in [2.24, 2.45) is 11.7 Å². The maximum Gasteiger partial charge on any atom is 0.312 e. The van der Waals surface area contributed by atoms with E-state index in [9.17, 15) is 4.79 Å². The first-order valence-electron chi connectivity index (χ1n) is 8.82. The number of hydrogen-bond acceptors (Lipinski definition) is 4. The number of primary amides is 1. The minimum Gasteiger partial charge on any atom is -0.352 e. The number of aromatic nitrogens is 3. The van der Waals surface area contributed by atoms with Gasteiger partial charge >= 0.3 is 6.03 Å². The van der Waals surface area contributed by atoms with Crippen LogP contribution in [0.5, 0.6) is 0 Å². The number of nitrogens with one attached hydrogen (secondary N) is 1. The maximum absolute atomic E-state index is 10.7. The molecule has 3 N–H and O–H groups in total. The van der Waals surface area contributed by atoms with Gasteiger partial charge in [-0.25, -0.2) is 4.79 Å². The van der Waals surface area contributed by atoms with Crippen molar-refractivity contribution in [3.8, 4) is 0 Å². The van der Waals surface area contributed by atoms with E-state index in [1.807, 2.05) is 10.9 Å². The second kappa shape index (κ2) is 9.50. The Hall–Kier alpha value is -1.63. The molecule has 2 heterocycles. The van der Waals surface area contributed by atoms with Crippen LogP contribution >= 0.6 is 0 Å². The van der Waals surface area contributed by atoms with Crippen molar-refractivity contribution >= 4 is 6.03 Å². The van der Waals surface area contributed by atoms with Crippen molar-refractivity contribution in [3.05, 3.63) is 11.9 Å². The molecule has 130 valence electrons. The zero-order valence-corrected chi connectivity index (χ0v) is 14.2. The second-order valence-electron chi connectivity index (χ2n) is 6.52. The van der Waals surface area contributed by atoms with E-state index < -0.39 is 6.03 Å². The Morgan fingerprint density at radius 3 is 3.09 bits per heavy atom. The molecular weight excluding hydrogens is 292 g/mol. The monoisotopic (exact) mass is 322 g/mol. The first-order chi connectivity index (χ1) is 11.2. The van der Waals surface area contributed by atoms with Crippen LogP contribution in [0.3, 0.4) is 0 Å². The third-order valence-electron chi connectivity index (χ3n) is 4.41. The van der Waals surface area contributed by atoms with Crippen LogP contribution < -0.4 is 11.1 Å². The van der Waals surface area contributed by atoms with E-state index in [1.54, 1.807) is 0 Å². The lowest BCUT2D eigenvalue weighted by atomic mass is 9.97. The molecule has 1 aliphatic rings. The van der Waals surface area contributed by atoms with Crippen LogP contribution in [0.15, 0.2) is 6.20 Å². The number of amides is 2. The Morgan fingerprint density at radius 1 is 1.43 bits per heavy atom. The molecule has 7 nitrogen and oxygen atoms in total. The summed E-state index contributed by atoms with van der Waals surface area (Å²) in [5, 5.41) is 10.8. The number of nitrogens with two attached hydrogens (primary N) is 1. The van der Waals surface area contributed by atoms with Crippen molar-refractivity contribution in [3.63, 3.8) is 0 Å². The van der Waals surface area contributed by atoms with Crippen molar-refractivity contribution in [1.82, 2.24) is 25.2 Å². The van der Waals surface area contributed by atoms with Gasteiger partial charge < -0.3 is 16.0 Å². The Labute approximate surface area is 138 Å². The van der Waals surface area contributed by atoms with E-state index in [1.165, 1.54) is 51.6 Å². The highest BCUT2D eigenvalue weighted by molar-refractivity contribution is 5.71. The summed E-state index contributed by atoms with van der Waals surface area (Å²) < 4.78 is 1.89. The van der Waals surface area contributed by atoms with Gasteiger partial charge in [-0.15, -0.1) is 5.10 Å². The van der Waals surface area contributed by atoms with Crippen molar-refractivity contribution in [2.45, 2.75) is 58.5 Å². The van der Waals surface area contributed by atoms with Crippen LogP contribution in [-0.4, -0.2) is 45.6 Å². The fourth-order valence-electron chi connectivity index (χ4n) is 3.22. The van der Waals surface area contributed by atoms with Crippen LogP contribution in [0.1, 0.15) is 51.1 Å². The molecule has 1 aromatic rings. The molecule has 23 heavy (non-hydrogen) atoms. The second-order valence-corrected chi connectivity index (χ2v) is 6.52. The molecule has 0 spiro atoms. The molecule has 1 atom stereocenters. The summed E-state index contributed by atoms with van der Waals surface area (Å²) in [5.74, 6) is 0.633. The number of carbonyl (C=O) groups excluding carboxylic acids is 1. The molecule has 1 saturated heterocycles. The van der Waals surface area contributed by atoms with Gasteiger partial charge in [0.25, 0.3) is 0 Å². The summed E-state index contributed by atoms with van der Waals surface area (Å²) in [6.45, 7) is 7.09. The lowest BCUT2D eigenvalue weighted by Gasteiger charge is -2.32. The Kier molecular flexibility index (Phi) is 7.32. The average Bonchev–Trinajstić information content (AvgIpc) is 2.97. The number of rotatable bonds is 9. The van der Waals surface area contributed by atoms with E-state index in [2.05, 4.69) is 27.5 Å². The lowest BCUT2D eigenvalue weighted by Crippen LogP contribution is -2.37. The summed E-state index contributed by atoms with van der Waals surface area (Å²) in [6, 6.07) is -0.537. The molecule has 0 aliphatic carbocycles. The fourth-order valence-corrected chi connectivity index (χ4v) is 3.22. The van der Waals surface area contributed by atoms with Crippen LogP contribution in [0, 0.1) is 5.92 Å². The molecule has 2 amide bonds. The van der Waals surface area contributed by atoms with Crippen LogP contribution in [-0.2, 0) is 13.1 Å². The molecule has 7 heteroatoms. The minimum atomic E-state index is -0.537. The molecule has 2 rings (SSSR count). The predicted octanol–water partition coefficient (Wildman–Crippen LogP) is 1.74. The highest BCUT2D eigenvalue weighted by Crippen LogP contribution is 2.18. The highest BCUT2D eigenvalue weighted by atomic mass is 16.2. The van der Waals surface area contributed by atoms with Gasteiger partial charge in [-0.2, -0.15) is 0 Å². The largest absolute Gasteiger partial charge is 0.352 e. The maximum atomic E-state index is 10.7. The number of nitrogens with zero attached hydrogens (tertiary/aromatic N) is 4. The average molecular weight is 322 g/mol. The minimum absolute atomic E-state index is 0.337. The molecule has 1 fully saturated rings. The van der Waals surface area contributed by atoms with E-state index in [0.717, 1.165) is 18.8 Å². The normalized spacial score (nSPS) is 18.9. The zero-order chi connectivity index (χ0) is 16.5. The first-order valence-corrected chi connectivity index (χ1v) is 8.82. The molecule has 0 radical (unpaired) electrons. The predicted molar refractivity (Wildman–Crippen MR) is 89.8 cm³/mol. The van der Waals surface area contributed by atoms with Crippen molar-refractivity contribution in [1.29, 1.82) is 0 Å². The zero-order valence-electron chi connectivity index (χ0n) is 14.2. The highest BCUT2D eigenvalue weighted by Gasteiger charge is 2.20. The van der Waals surface area contributed by atoms with E-state index >= 15 is 0 Å². The van der Waals surface area contributed by atoms with Gasteiger partial charge in [-0.1, -0.05) is 31.4 Å². The molecule has 1 aromatic heterocycles. The van der Waals surface area contributed by atoms with Gasteiger partial charge in [-0.05, 0) is 38.3 Å². The molecule has 1 aliphatic heterocycles. The van der Waals surface area contributed by atoms with Gasteiger partial charge in [0.05, 0.1) is 12.7 Å². The number of hydrogen-bond donors (Lipinski definition) is 2. The van der Waals surface area contributed by atoms with Gasteiger partial charge in [0, 0.05) is 13.1 Å². The van der Waals surface area contributed by atoms with Crippen molar-refractivity contribution in [2.75, 3.05) is 19.6 Å². The first kappa shape index (κ1) is 17.7. The topological polar surface area (TPSA) is 89.1 Å². The van der Waals surface area contributed by atoms with Crippen LogP contribution in [0.2, 0.25) is 0 Å². The fraction of sp³-hybridized carbons (Fsp3) is 0.812.